The molecule has 1 saturated heterocycles. The number of carbonyl (C=O) groups excluding carboxylic acids is 2. The van der Waals surface area contributed by atoms with E-state index < -0.39 is 0 Å². The van der Waals surface area contributed by atoms with Gasteiger partial charge in [-0.1, -0.05) is 6.07 Å². The maximum atomic E-state index is 12.1. The first-order valence-corrected chi connectivity index (χ1v) is 8.54. The van der Waals surface area contributed by atoms with Crippen molar-refractivity contribution in [2.24, 2.45) is 5.92 Å². The van der Waals surface area contributed by atoms with Crippen LogP contribution in [0.25, 0.3) is 10.9 Å². The monoisotopic (exact) mass is 344 g/mol. The smallest absolute Gasteiger partial charge is 0.248 e. The molecule has 1 aromatic heterocycles. The standard InChI is InChI=1S/C19H24N2O4/c1-14(22)21-6-5-17-10-15(3-4-18(17)21)9-16-11-20(7-8-25-12-16)19(23)13-24-2/h3-6,10,16H,7-9,11-13H2,1-2H3. The van der Waals surface area contributed by atoms with Gasteiger partial charge in [0.25, 0.3) is 0 Å². The molecule has 0 bridgehead atoms. The second-order valence-electron chi connectivity index (χ2n) is 6.52. The summed E-state index contributed by atoms with van der Waals surface area (Å²) in [7, 11) is 1.53. The van der Waals surface area contributed by atoms with Gasteiger partial charge >= 0.3 is 0 Å². The molecule has 1 unspecified atom stereocenters. The van der Waals surface area contributed by atoms with Gasteiger partial charge < -0.3 is 14.4 Å². The van der Waals surface area contributed by atoms with Crippen molar-refractivity contribution < 1.29 is 19.1 Å². The third-order valence-electron chi connectivity index (χ3n) is 4.58. The van der Waals surface area contributed by atoms with Crippen LogP contribution >= 0.6 is 0 Å². The van der Waals surface area contributed by atoms with E-state index in [2.05, 4.69) is 6.07 Å². The second kappa shape index (κ2) is 7.80. The fourth-order valence-electron chi connectivity index (χ4n) is 3.37. The van der Waals surface area contributed by atoms with Crippen LogP contribution in [-0.2, 0) is 20.7 Å². The van der Waals surface area contributed by atoms with Crippen molar-refractivity contribution in [3.05, 3.63) is 36.0 Å². The number of rotatable bonds is 4. The highest BCUT2D eigenvalue weighted by molar-refractivity contribution is 5.91. The van der Waals surface area contributed by atoms with Crippen LogP contribution in [-0.4, -0.2) is 61.3 Å². The molecular formula is C19H24N2O4. The number of benzene rings is 1. The fourth-order valence-corrected chi connectivity index (χ4v) is 3.37. The van der Waals surface area contributed by atoms with Gasteiger partial charge in [-0.3, -0.25) is 14.2 Å². The van der Waals surface area contributed by atoms with E-state index in [1.807, 2.05) is 23.1 Å². The van der Waals surface area contributed by atoms with E-state index in [9.17, 15) is 9.59 Å². The molecule has 0 aliphatic carbocycles. The minimum Gasteiger partial charge on any atom is -0.379 e. The summed E-state index contributed by atoms with van der Waals surface area (Å²) in [6, 6.07) is 8.10. The Morgan fingerprint density at radius 3 is 2.92 bits per heavy atom. The van der Waals surface area contributed by atoms with Crippen LogP contribution < -0.4 is 0 Å². The van der Waals surface area contributed by atoms with E-state index in [4.69, 9.17) is 9.47 Å². The number of hydrogen-bond donors (Lipinski definition) is 0. The van der Waals surface area contributed by atoms with Gasteiger partial charge in [0, 0.05) is 44.6 Å². The molecule has 0 radical (unpaired) electrons. The van der Waals surface area contributed by atoms with E-state index >= 15 is 0 Å². The number of carbonyl (C=O) groups is 2. The summed E-state index contributed by atoms with van der Waals surface area (Å²) in [4.78, 5) is 25.5. The Hall–Kier alpha value is -2.18. The highest BCUT2D eigenvalue weighted by atomic mass is 16.5. The molecule has 1 aromatic carbocycles. The average molecular weight is 344 g/mol. The Balaban J connectivity index is 1.73. The molecule has 1 amide bonds. The average Bonchev–Trinajstić information content (AvgIpc) is 2.86. The Labute approximate surface area is 147 Å². The number of ether oxygens (including phenoxy) is 2. The highest BCUT2D eigenvalue weighted by Gasteiger charge is 2.22. The van der Waals surface area contributed by atoms with Crippen LogP contribution in [0.2, 0.25) is 0 Å². The Morgan fingerprint density at radius 1 is 1.32 bits per heavy atom. The molecule has 1 atom stereocenters. The zero-order valence-corrected chi connectivity index (χ0v) is 14.7. The number of fused-ring (bicyclic) bond motifs is 1. The number of hydrogen-bond acceptors (Lipinski definition) is 4. The normalized spacial score (nSPS) is 18.3. The largest absolute Gasteiger partial charge is 0.379 e. The van der Waals surface area contributed by atoms with Gasteiger partial charge in [-0.2, -0.15) is 0 Å². The zero-order valence-electron chi connectivity index (χ0n) is 14.7. The molecule has 0 N–H and O–H groups in total. The maximum absolute atomic E-state index is 12.1. The van der Waals surface area contributed by atoms with Crippen molar-refractivity contribution in [1.29, 1.82) is 0 Å². The van der Waals surface area contributed by atoms with E-state index in [1.165, 1.54) is 12.7 Å². The summed E-state index contributed by atoms with van der Waals surface area (Å²) in [5.41, 5.74) is 2.11. The van der Waals surface area contributed by atoms with E-state index in [0.717, 1.165) is 17.3 Å². The fraction of sp³-hybridized carbons (Fsp3) is 0.474. The van der Waals surface area contributed by atoms with Crippen molar-refractivity contribution in [3.63, 3.8) is 0 Å². The van der Waals surface area contributed by atoms with E-state index in [0.29, 0.717) is 26.3 Å². The summed E-state index contributed by atoms with van der Waals surface area (Å²) in [5.74, 6) is 0.259. The summed E-state index contributed by atoms with van der Waals surface area (Å²) < 4.78 is 12.3. The summed E-state index contributed by atoms with van der Waals surface area (Å²) in [6.07, 6.45) is 2.63. The van der Waals surface area contributed by atoms with Gasteiger partial charge in [0.2, 0.25) is 11.8 Å². The lowest BCUT2D eigenvalue weighted by Gasteiger charge is -2.23. The lowest BCUT2D eigenvalue weighted by atomic mass is 9.98. The number of aromatic nitrogens is 1. The Kier molecular flexibility index (Phi) is 5.50. The van der Waals surface area contributed by atoms with Gasteiger partial charge in [-0.05, 0) is 30.2 Å². The molecule has 6 heteroatoms. The van der Waals surface area contributed by atoms with Gasteiger partial charge in [-0.15, -0.1) is 0 Å². The molecule has 0 spiro atoms. The summed E-state index contributed by atoms with van der Waals surface area (Å²) in [6.45, 7) is 4.16. The minimum absolute atomic E-state index is 0.00647. The molecule has 1 aliphatic heterocycles. The van der Waals surface area contributed by atoms with Gasteiger partial charge in [0.05, 0.1) is 18.7 Å². The molecule has 3 rings (SSSR count). The Bertz CT molecular complexity index is 768. The quantitative estimate of drug-likeness (QED) is 0.851. The second-order valence-corrected chi connectivity index (χ2v) is 6.52. The van der Waals surface area contributed by atoms with Crippen LogP contribution in [0, 0.1) is 5.92 Å². The Morgan fingerprint density at radius 2 is 2.16 bits per heavy atom. The first kappa shape index (κ1) is 17.6. The third kappa shape index (κ3) is 4.08. The topological polar surface area (TPSA) is 60.8 Å². The first-order chi connectivity index (χ1) is 12.1. The van der Waals surface area contributed by atoms with Crippen molar-refractivity contribution in [1.82, 2.24) is 9.47 Å². The predicted octanol–water partition coefficient (Wildman–Crippen LogP) is 1.97. The highest BCUT2D eigenvalue weighted by Crippen LogP contribution is 2.21. The molecule has 0 saturated carbocycles. The van der Waals surface area contributed by atoms with Crippen molar-refractivity contribution in [3.8, 4) is 0 Å². The number of methoxy groups -OCH3 is 1. The molecule has 2 aromatic rings. The third-order valence-corrected chi connectivity index (χ3v) is 4.58. The molecule has 1 fully saturated rings. The zero-order chi connectivity index (χ0) is 17.8. The SMILES string of the molecule is COCC(=O)N1CCOCC(Cc2ccc3c(ccn3C(C)=O)c2)C1. The van der Waals surface area contributed by atoms with Crippen LogP contribution in [0.4, 0.5) is 0 Å². The lowest BCUT2D eigenvalue weighted by molar-refractivity contribution is -0.135. The minimum atomic E-state index is 0.00647. The van der Waals surface area contributed by atoms with Crippen LogP contribution in [0.15, 0.2) is 30.5 Å². The number of amides is 1. The summed E-state index contributed by atoms with van der Waals surface area (Å²) >= 11 is 0. The van der Waals surface area contributed by atoms with E-state index in [1.54, 1.807) is 17.7 Å². The van der Waals surface area contributed by atoms with Crippen LogP contribution in [0.1, 0.15) is 17.3 Å². The van der Waals surface area contributed by atoms with Gasteiger partial charge in [0.1, 0.15) is 6.61 Å². The van der Waals surface area contributed by atoms with E-state index in [-0.39, 0.29) is 24.3 Å². The molecule has 2 heterocycles. The van der Waals surface area contributed by atoms with Crippen LogP contribution in [0.5, 0.6) is 0 Å². The molecule has 1 aliphatic rings. The lowest BCUT2D eigenvalue weighted by Crippen LogP contribution is -2.38. The van der Waals surface area contributed by atoms with Crippen molar-refractivity contribution in [2.45, 2.75) is 13.3 Å². The molecule has 134 valence electrons. The van der Waals surface area contributed by atoms with Gasteiger partial charge in [0.15, 0.2) is 0 Å². The predicted molar refractivity (Wildman–Crippen MR) is 94.7 cm³/mol. The molecule has 6 nitrogen and oxygen atoms in total. The first-order valence-electron chi connectivity index (χ1n) is 8.54. The molecular weight excluding hydrogens is 320 g/mol. The van der Waals surface area contributed by atoms with Gasteiger partial charge in [-0.25, -0.2) is 0 Å². The maximum Gasteiger partial charge on any atom is 0.248 e. The summed E-state index contributed by atoms with van der Waals surface area (Å²) in [5, 5.41) is 1.05. The van der Waals surface area contributed by atoms with Crippen molar-refractivity contribution >= 4 is 22.7 Å². The molecule has 25 heavy (non-hydrogen) atoms. The number of nitrogens with zero attached hydrogens (tertiary/aromatic N) is 2. The van der Waals surface area contributed by atoms with Crippen LogP contribution in [0.3, 0.4) is 0 Å². The van der Waals surface area contributed by atoms with Crippen molar-refractivity contribution in [2.75, 3.05) is 40.0 Å².